The predicted molar refractivity (Wildman–Crippen MR) is 100 cm³/mol. The molecule has 0 spiro atoms. The number of unbranched alkanes of at least 4 members (excludes halogenated alkanes) is 1. The molecule has 0 unspecified atom stereocenters. The van der Waals surface area contributed by atoms with Crippen LogP contribution in [-0.2, 0) is 16.1 Å². The number of benzene rings is 2. The first kappa shape index (κ1) is 19.5. The number of hydrogen-bond acceptors (Lipinski definition) is 4. The summed E-state index contributed by atoms with van der Waals surface area (Å²) < 4.78 is 10.7. The van der Waals surface area contributed by atoms with Crippen LogP contribution in [0.3, 0.4) is 0 Å². The third kappa shape index (κ3) is 6.24. The zero-order valence-electron chi connectivity index (χ0n) is 15.2. The molecule has 2 aromatic carbocycles. The van der Waals surface area contributed by atoms with Gasteiger partial charge in [0.25, 0.3) is 5.91 Å². The van der Waals surface area contributed by atoms with Gasteiger partial charge in [-0.25, -0.2) is 4.79 Å². The van der Waals surface area contributed by atoms with Crippen molar-refractivity contribution in [2.24, 2.45) is 0 Å². The van der Waals surface area contributed by atoms with Crippen LogP contribution >= 0.6 is 0 Å². The molecule has 0 aliphatic heterocycles. The lowest BCUT2D eigenvalue weighted by Crippen LogP contribution is -2.26. The number of carbonyl (C=O) groups excluding carboxylic acids is 2. The van der Waals surface area contributed by atoms with Crippen molar-refractivity contribution in [1.29, 1.82) is 0 Å². The topological polar surface area (TPSA) is 64.6 Å². The fourth-order valence-electron chi connectivity index (χ4n) is 2.25. The molecule has 0 fully saturated rings. The molecule has 0 aliphatic rings. The second kappa shape index (κ2) is 10.2. The molecule has 0 heterocycles. The summed E-state index contributed by atoms with van der Waals surface area (Å²) in [7, 11) is 0. The number of esters is 1. The summed E-state index contributed by atoms with van der Waals surface area (Å²) in [5.41, 5.74) is 1.57. The molecule has 0 aliphatic carbocycles. The van der Waals surface area contributed by atoms with E-state index in [2.05, 4.69) is 5.32 Å². The largest absolute Gasteiger partial charge is 0.479 e. The quantitative estimate of drug-likeness (QED) is 0.550. The molecule has 0 bridgehead atoms. The Kier molecular flexibility index (Phi) is 7.68. The molecule has 0 aromatic heterocycles. The van der Waals surface area contributed by atoms with Crippen LogP contribution in [0.4, 0.5) is 0 Å². The number of amides is 1. The van der Waals surface area contributed by atoms with Crippen molar-refractivity contribution in [3.8, 4) is 5.75 Å². The van der Waals surface area contributed by atoms with Crippen LogP contribution in [-0.4, -0.2) is 24.6 Å². The molecule has 1 atom stereocenters. The molecular formula is C21H25NO4. The van der Waals surface area contributed by atoms with E-state index in [0.717, 1.165) is 18.4 Å². The maximum atomic E-state index is 12.2. The monoisotopic (exact) mass is 355 g/mol. The van der Waals surface area contributed by atoms with Crippen molar-refractivity contribution in [2.75, 3.05) is 6.61 Å². The van der Waals surface area contributed by atoms with Gasteiger partial charge in [-0.15, -0.1) is 0 Å². The fourth-order valence-corrected chi connectivity index (χ4v) is 2.25. The van der Waals surface area contributed by atoms with Gasteiger partial charge in [0, 0.05) is 12.1 Å². The SMILES string of the molecule is CCCCOC(=O)[C@@H](C)Oc1ccc(C(=O)NCc2ccccc2)cc1. The van der Waals surface area contributed by atoms with Gasteiger partial charge in [0.05, 0.1) is 6.61 Å². The van der Waals surface area contributed by atoms with E-state index in [-0.39, 0.29) is 11.9 Å². The standard InChI is InChI=1S/C21H25NO4/c1-3-4-14-25-21(24)16(2)26-19-12-10-18(11-13-19)20(23)22-15-17-8-6-5-7-9-17/h5-13,16H,3-4,14-15H2,1-2H3,(H,22,23)/t16-/m1/s1. The van der Waals surface area contributed by atoms with E-state index in [1.807, 2.05) is 37.3 Å². The second-order valence-electron chi connectivity index (χ2n) is 5.97. The van der Waals surface area contributed by atoms with Crippen LogP contribution in [0.2, 0.25) is 0 Å². The Hall–Kier alpha value is -2.82. The zero-order valence-corrected chi connectivity index (χ0v) is 15.2. The highest BCUT2D eigenvalue weighted by molar-refractivity contribution is 5.94. The summed E-state index contributed by atoms with van der Waals surface area (Å²) in [6.07, 6.45) is 1.12. The third-order valence-electron chi connectivity index (χ3n) is 3.80. The Morgan fingerprint density at radius 2 is 1.73 bits per heavy atom. The lowest BCUT2D eigenvalue weighted by Gasteiger charge is -2.14. The lowest BCUT2D eigenvalue weighted by atomic mass is 10.2. The van der Waals surface area contributed by atoms with E-state index in [1.165, 1.54) is 0 Å². The van der Waals surface area contributed by atoms with E-state index < -0.39 is 6.10 Å². The summed E-state index contributed by atoms with van der Waals surface area (Å²) in [6, 6.07) is 16.4. The van der Waals surface area contributed by atoms with Crippen LogP contribution < -0.4 is 10.1 Å². The van der Waals surface area contributed by atoms with Gasteiger partial charge in [-0.1, -0.05) is 43.7 Å². The van der Waals surface area contributed by atoms with E-state index >= 15 is 0 Å². The Bertz CT molecular complexity index is 698. The highest BCUT2D eigenvalue weighted by Gasteiger charge is 2.16. The van der Waals surface area contributed by atoms with Crippen molar-refractivity contribution < 1.29 is 19.1 Å². The first-order valence-electron chi connectivity index (χ1n) is 8.85. The van der Waals surface area contributed by atoms with Crippen LogP contribution in [0.1, 0.15) is 42.6 Å². The zero-order chi connectivity index (χ0) is 18.8. The Morgan fingerprint density at radius 1 is 1.04 bits per heavy atom. The Morgan fingerprint density at radius 3 is 2.38 bits per heavy atom. The Balaban J connectivity index is 1.83. The van der Waals surface area contributed by atoms with Crippen LogP contribution in [0, 0.1) is 0 Å². The number of nitrogens with one attached hydrogen (secondary N) is 1. The highest BCUT2D eigenvalue weighted by Crippen LogP contribution is 2.15. The minimum Gasteiger partial charge on any atom is -0.479 e. The molecule has 0 radical (unpaired) electrons. The molecule has 0 saturated heterocycles. The molecule has 1 amide bonds. The van der Waals surface area contributed by atoms with Crippen LogP contribution in [0.25, 0.3) is 0 Å². The molecule has 2 rings (SSSR count). The summed E-state index contributed by atoms with van der Waals surface area (Å²) in [6.45, 7) is 4.56. The first-order valence-corrected chi connectivity index (χ1v) is 8.85. The van der Waals surface area contributed by atoms with Gasteiger partial charge in [-0.05, 0) is 43.2 Å². The predicted octanol–water partition coefficient (Wildman–Crippen LogP) is 3.73. The second-order valence-corrected chi connectivity index (χ2v) is 5.97. The van der Waals surface area contributed by atoms with Crippen molar-refractivity contribution in [2.45, 2.75) is 39.3 Å². The van der Waals surface area contributed by atoms with Gasteiger partial charge >= 0.3 is 5.97 Å². The smallest absolute Gasteiger partial charge is 0.347 e. The van der Waals surface area contributed by atoms with E-state index in [4.69, 9.17) is 9.47 Å². The molecular weight excluding hydrogens is 330 g/mol. The van der Waals surface area contributed by atoms with Gasteiger partial charge in [-0.3, -0.25) is 4.79 Å². The number of rotatable bonds is 9. The normalized spacial score (nSPS) is 11.5. The molecule has 1 N–H and O–H groups in total. The highest BCUT2D eigenvalue weighted by atomic mass is 16.6. The minimum atomic E-state index is -0.690. The van der Waals surface area contributed by atoms with Crippen molar-refractivity contribution in [3.05, 3.63) is 65.7 Å². The van der Waals surface area contributed by atoms with E-state index in [0.29, 0.717) is 24.5 Å². The van der Waals surface area contributed by atoms with Crippen molar-refractivity contribution in [1.82, 2.24) is 5.32 Å². The van der Waals surface area contributed by atoms with E-state index in [9.17, 15) is 9.59 Å². The molecule has 26 heavy (non-hydrogen) atoms. The minimum absolute atomic E-state index is 0.160. The van der Waals surface area contributed by atoms with Crippen molar-refractivity contribution in [3.63, 3.8) is 0 Å². The first-order chi connectivity index (χ1) is 12.6. The van der Waals surface area contributed by atoms with Crippen LogP contribution in [0.15, 0.2) is 54.6 Å². The van der Waals surface area contributed by atoms with Crippen LogP contribution in [0.5, 0.6) is 5.75 Å². The molecule has 0 saturated carbocycles. The summed E-state index contributed by atoms with van der Waals surface area (Å²) in [5.74, 6) is -0.0277. The lowest BCUT2D eigenvalue weighted by molar-refractivity contribution is -0.151. The number of hydrogen-bond donors (Lipinski definition) is 1. The van der Waals surface area contributed by atoms with Gasteiger partial charge in [-0.2, -0.15) is 0 Å². The van der Waals surface area contributed by atoms with Gasteiger partial charge in [0.2, 0.25) is 0 Å². The van der Waals surface area contributed by atoms with Gasteiger partial charge < -0.3 is 14.8 Å². The maximum Gasteiger partial charge on any atom is 0.347 e. The molecule has 138 valence electrons. The third-order valence-corrected chi connectivity index (χ3v) is 3.80. The fraction of sp³-hybridized carbons (Fsp3) is 0.333. The van der Waals surface area contributed by atoms with Gasteiger partial charge in [0.1, 0.15) is 5.75 Å². The summed E-state index contributed by atoms with van der Waals surface area (Å²) >= 11 is 0. The average Bonchev–Trinajstić information content (AvgIpc) is 2.67. The van der Waals surface area contributed by atoms with Crippen molar-refractivity contribution >= 4 is 11.9 Å². The number of carbonyl (C=O) groups is 2. The summed E-state index contributed by atoms with van der Waals surface area (Å²) in [5, 5.41) is 2.87. The Labute approximate surface area is 154 Å². The molecule has 5 nitrogen and oxygen atoms in total. The number of ether oxygens (including phenoxy) is 2. The molecule has 5 heteroatoms. The molecule has 2 aromatic rings. The average molecular weight is 355 g/mol. The van der Waals surface area contributed by atoms with E-state index in [1.54, 1.807) is 31.2 Å². The summed E-state index contributed by atoms with van der Waals surface area (Å²) in [4.78, 5) is 24.0. The van der Waals surface area contributed by atoms with Gasteiger partial charge in [0.15, 0.2) is 6.10 Å². The maximum absolute atomic E-state index is 12.2.